The summed E-state index contributed by atoms with van der Waals surface area (Å²) in [5.74, 6) is 0. The summed E-state index contributed by atoms with van der Waals surface area (Å²) in [6.45, 7) is 3.39. The van der Waals surface area contributed by atoms with Gasteiger partial charge in [-0.15, -0.1) is 0 Å². The van der Waals surface area contributed by atoms with Gasteiger partial charge in [-0.3, -0.25) is 10.2 Å². The average Bonchev–Trinajstić information content (AvgIpc) is 2.77. The number of hydrogen-bond acceptors (Lipinski definition) is 3. The van der Waals surface area contributed by atoms with Gasteiger partial charge in [0.05, 0.1) is 6.61 Å². The molecule has 1 aliphatic rings. The summed E-state index contributed by atoms with van der Waals surface area (Å²) in [6.07, 6.45) is -0.482. The maximum absolute atomic E-state index is 11.4. The van der Waals surface area contributed by atoms with Crippen LogP contribution in [0.1, 0.15) is 6.92 Å². The van der Waals surface area contributed by atoms with E-state index in [9.17, 15) is 9.59 Å². The van der Waals surface area contributed by atoms with Crippen LogP contribution in [0, 0.1) is 0 Å². The molecule has 0 aliphatic carbocycles. The van der Waals surface area contributed by atoms with Crippen LogP contribution < -0.4 is 15.5 Å². The third-order valence-electron chi connectivity index (χ3n) is 2.56. The van der Waals surface area contributed by atoms with Crippen molar-refractivity contribution in [3.05, 3.63) is 24.3 Å². The summed E-state index contributed by atoms with van der Waals surface area (Å²) in [7, 11) is 0. The van der Waals surface area contributed by atoms with Crippen LogP contribution >= 0.6 is 0 Å². The fourth-order valence-electron chi connectivity index (χ4n) is 1.73. The zero-order valence-electron chi connectivity index (χ0n) is 10.1. The molecule has 0 spiro atoms. The highest BCUT2D eigenvalue weighted by atomic mass is 16.5. The third-order valence-corrected chi connectivity index (χ3v) is 2.56. The largest absolute Gasteiger partial charge is 0.450 e. The first-order valence-electron chi connectivity index (χ1n) is 5.80. The van der Waals surface area contributed by atoms with Crippen molar-refractivity contribution in [2.75, 3.05) is 29.9 Å². The van der Waals surface area contributed by atoms with Crippen molar-refractivity contribution >= 4 is 23.5 Å². The minimum atomic E-state index is -0.482. The van der Waals surface area contributed by atoms with Gasteiger partial charge in [-0.05, 0) is 31.2 Å². The Morgan fingerprint density at radius 3 is 2.72 bits per heavy atom. The Bertz CT molecular complexity index is 444. The summed E-state index contributed by atoms with van der Waals surface area (Å²) >= 11 is 0. The van der Waals surface area contributed by atoms with E-state index in [1.807, 2.05) is 0 Å². The monoisotopic (exact) mass is 249 g/mol. The van der Waals surface area contributed by atoms with Gasteiger partial charge in [-0.1, -0.05) is 0 Å². The van der Waals surface area contributed by atoms with Gasteiger partial charge in [-0.25, -0.2) is 9.59 Å². The van der Waals surface area contributed by atoms with Gasteiger partial charge < -0.3 is 10.1 Å². The Morgan fingerprint density at radius 2 is 2.17 bits per heavy atom. The molecule has 1 aromatic rings. The highest BCUT2D eigenvalue weighted by Crippen LogP contribution is 2.19. The summed E-state index contributed by atoms with van der Waals surface area (Å²) in [4.78, 5) is 24.3. The van der Waals surface area contributed by atoms with Crippen LogP contribution in [0.4, 0.5) is 21.0 Å². The highest BCUT2D eigenvalue weighted by molar-refractivity contribution is 5.94. The molecule has 1 saturated heterocycles. The average molecular weight is 249 g/mol. The molecule has 0 aromatic heterocycles. The molecule has 0 atom stereocenters. The molecule has 6 nitrogen and oxygen atoms in total. The molecule has 0 saturated carbocycles. The second-order valence-electron chi connectivity index (χ2n) is 3.78. The number of benzene rings is 1. The first-order chi connectivity index (χ1) is 8.70. The summed E-state index contributed by atoms with van der Waals surface area (Å²) < 4.78 is 4.77. The fraction of sp³-hybridized carbons (Fsp3) is 0.333. The van der Waals surface area contributed by atoms with E-state index < -0.39 is 6.09 Å². The number of ether oxygens (including phenoxy) is 1. The van der Waals surface area contributed by atoms with Crippen molar-refractivity contribution in [2.24, 2.45) is 0 Å². The van der Waals surface area contributed by atoms with E-state index in [2.05, 4.69) is 10.6 Å². The van der Waals surface area contributed by atoms with Crippen LogP contribution in [0.3, 0.4) is 0 Å². The molecular formula is C12H15N3O3. The topological polar surface area (TPSA) is 70.7 Å². The molecule has 0 bridgehead atoms. The molecule has 1 aromatic carbocycles. The van der Waals surface area contributed by atoms with Crippen molar-refractivity contribution in [2.45, 2.75) is 6.92 Å². The van der Waals surface area contributed by atoms with Gasteiger partial charge in [0.1, 0.15) is 0 Å². The number of hydrogen-bond donors (Lipinski definition) is 2. The quantitative estimate of drug-likeness (QED) is 0.857. The molecule has 0 unspecified atom stereocenters. The number of amides is 3. The molecule has 18 heavy (non-hydrogen) atoms. The summed E-state index contributed by atoms with van der Waals surface area (Å²) in [6, 6.07) is 6.94. The molecule has 2 N–H and O–H groups in total. The standard InChI is InChI=1S/C12H15N3O3/c1-2-18-12(17)14-9-3-5-10(6-4-9)15-8-7-13-11(15)16/h3-6H,2,7-8H2,1H3,(H,13,16)(H,14,17). The van der Waals surface area contributed by atoms with Crippen LogP contribution in [-0.2, 0) is 4.74 Å². The zero-order valence-corrected chi connectivity index (χ0v) is 10.1. The summed E-state index contributed by atoms with van der Waals surface area (Å²) in [5, 5.41) is 5.32. The van der Waals surface area contributed by atoms with Gasteiger partial charge in [0.25, 0.3) is 0 Å². The number of anilines is 2. The van der Waals surface area contributed by atoms with Crippen LogP contribution in [0.5, 0.6) is 0 Å². The molecular weight excluding hydrogens is 234 g/mol. The van der Waals surface area contributed by atoms with Crippen molar-refractivity contribution in [1.82, 2.24) is 5.32 Å². The molecule has 1 fully saturated rings. The minimum Gasteiger partial charge on any atom is -0.450 e. The second kappa shape index (κ2) is 5.39. The first kappa shape index (κ1) is 12.2. The van der Waals surface area contributed by atoms with Crippen molar-refractivity contribution in [3.63, 3.8) is 0 Å². The second-order valence-corrected chi connectivity index (χ2v) is 3.78. The van der Waals surface area contributed by atoms with Gasteiger partial charge >= 0.3 is 12.1 Å². The first-order valence-corrected chi connectivity index (χ1v) is 5.80. The van der Waals surface area contributed by atoms with Crippen LogP contribution in [0.25, 0.3) is 0 Å². The Hall–Kier alpha value is -2.24. The zero-order chi connectivity index (χ0) is 13.0. The molecule has 1 aliphatic heterocycles. The highest BCUT2D eigenvalue weighted by Gasteiger charge is 2.20. The fourth-order valence-corrected chi connectivity index (χ4v) is 1.73. The van der Waals surface area contributed by atoms with Crippen LogP contribution in [0.2, 0.25) is 0 Å². The number of nitrogens with one attached hydrogen (secondary N) is 2. The molecule has 0 radical (unpaired) electrons. The maximum Gasteiger partial charge on any atom is 0.411 e. The van der Waals surface area contributed by atoms with Crippen molar-refractivity contribution in [3.8, 4) is 0 Å². The Kier molecular flexibility index (Phi) is 3.66. The maximum atomic E-state index is 11.4. The van der Waals surface area contributed by atoms with Crippen molar-refractivity contribution in [1.29, 1.82) is 0 Å². The number of rotatable bonds is 3. The number of urea groups is 1. The van der Waals surface area contributed by atoms with Crippen molar-refractivity contribution < 1.29 is 14.3 Å². The van der Waals surface area contributed by atoms with E-state index in [4.69, 9.17) is 4.74 Å². The predicted octanol–water partition coefficient (Wildman–Crippen LogP) is 1.78. The third kappa shape index (κ3) is 2.71. The Balaban J connectivity index is 2.01. The van der Waals surface area contributed by atoms with Crippen LogP contribution in [-0.4, -0.2) is 31.8 Å². The molecule has 2 rings (SSSR count). The lowest BCUT2D eigenvalue weighted by Crippen LogP contribution is -2.27. The molecule has 3 amide bonds. The van der Waals surface area contributed by atoms with E-state index >= 15 is 0 Å². The van der Waals surface area contributed by atoms with Gasteiger partial charge in [0.2, 0.25) is 0 Å². The lowest BCUT2D eigenvalue weighted by atomic mass is 10.2. The summed E-state index contributed by atoms with van der Waals surface area (Å²) in [5.41, 5.74) is 1.44. The predicted molar refractivity (Wildman–Crippen MR) is 67.8 cm³/mol. The SMILES string of the molecule is CCOC(=O)Nc1ccc(N2CCNC2=O)cc1. The lowest BCUT2D eigenvalue weighted by molar-refractivity contribution is 0.168. The van der Waals surface area contributed by atoms with Gasteiger partial charge in [0.15, 0.2) is 0 Å². The normalized spacial score (nSPS) is 14.3. The van der Waals surface area contributed by atoms with E-state index in [1.165, 1.54) is 0 Å². The molecule has 96 valence electrons. The van der Waals surface area contributed by atoms with E-state index in [0.29, 0.717) is 25.4 Å². The molecule has 1 heterocycles. The lowest BCUT2D eigenvalue weighted by Gasteiger charge is -2.14. The van der Waals surface area contributed by atoms with Gasteiger partial charge in [0, 0.05) is 24.5 Å². The number of carbonyl (C=O) groups excluding carboxylic acids is 2. The van der Waals surface area contributed by atoms with Gasteiger partial charge in [-0.2, -0.15) is 0 Å². The Morgan fingerprint density at radius 1 is 1.44 bits per heavy atom. The molecule has 6 heteroatoms. The number of carbonyl (C=O) groups is 2. The van der Waals surface area contributed by atoms with E-state index in [-0.39, 0.29) is 6.03 Å². The smallest absolute Gasteiger partial charge is 0.411 e. The Labute approximate surface area is 105 Å². The number of nitrogens with zero attached hydrogens (tertiary/aromatic N) is 1. The minimum absolute atomic E-state index is 0.0962. The van der Waals surface area contributed by atoms with E-state index in [1.54, 1.807) is 36.1 Å². The van der Waals surface area contributed by atoms with Crippen LogP contribution in [0.15, 0.2) is 24.3 Å². The van der Waals surface area contributed by atoms with E-state index in [0.717, 1.165) is 5.69 Å².